The molecule has 0 saturated carbocycles. The Kier molecular flexibility index (Phi) is 5.72. The van der Waals surface area contributed by atoms with E-state index in [1.54, 1.807) is 0 Å². The van der Waals surface area contributed by atoms with Crippen molar-refractivity contribution in [3.8, 4) is 11.3 Å². The Bertz CT molecular complexity index is 1230. The first-order valence-electron chi connectivity index (χ1n) is 11.5. The number of amides is 1. The molecule has 3 aromatic carbocycles. The van der Waals surface area contributed by atoms with Crippen LogP contribution in [-0.4, -0.2) is 28.9 Å². The molecule has 0 radical (unpaired) electrons. The van der Waals surface area contributed by atoms with Gasteiger partial charge in [0.1, 0.15) is 0 Å². The van der Waals surface area contributed by atoms with Gasteiger partial charge in [0.2, 0.25) is 0 Å². The fraction of sp³-hybridized carbons (Fsp3) is 0.241. The van der Waals surface area contributed by atoms with Crippen molar-refractivity contribution in [1.82, 2.24) is 9.88 Å². The molecule has 1 amide bonds. The van der Waals surface area contributed by atoms with Gasteiger partial charge in [0.05, 0.1) is 16.8 Å². The molecule has 0 N–H and O–H groups in total. The minimum Gasteiger partial charge on any atom is -0.339 e. The van der Waals surface area contributed by atoms with Crippen LogP contribution in [0.2, 0.25) is 0 Å². The van der Waals surface area contributed by atoms with Crippen molar-refractivity contribution < 1.29 is 4.79 Å². The van der Waals surface area contributed by atoms with Gasteiger partial charge in [0.15, 0.2) is 0 Å². The smallest absolute Gasteiger partial charge is 0.254 e. The Morgan fingerprint density at radius 3 is 2.31 bits per heavy atom. The number of pyridine rings is 1. The average Bonchev–Trinajstić information content (AvgIpc) is 2.85. The van der Waals surface area contributed by atoms with Crippen molar-refractivity contribution in [2.45, 2.75) is 26.2 Å². The van der Waals surface area contributed by atoms with Gasteiger partial charge in [-0.05, 0) is 55.9 Å². The Morgan fingerprint density at radius 2 is 1.59 bits per heavy atom. The SMILES string of the molecule is Cc1ccc2nc(-c3ccccc3)cc(C(=O)N3CCC(Cc4ccccc4)CC3)c2c1. The molecule has 1 aliphatic rings. The Balaban J connectivity index is 1.41. The van der Waals surface area contributed by atoms with E-state index < -0.39 is 0 Å². The lowest BCUT2D eigenvalue weighted by molar-refractivity contribution is 0.0692. The molecule has 1 saturated heterocycles. The number of carbonyl (C=O) groups excluding carboxylic acids is 1. The number of rotatable bonds is 4. The number of piperidine rings is 1. The maximum absolute atomic E-state index is 13.7. The zero-order chi connectivity index (χ0) is 21.9. The van der Waals surface area contributed by atoms with Crippen molar-refractivity contribution in [2.75, 3.05) is 13.1 Å². The first kappa shape index (κ1) is 20.4. The summed E-state index contributed by atoms with van der Waals surface area (Å²) in [5.74, 6) is 0.760. The maximum Gasteiger partial charge on any atom is 0.254 e. The molecule has 0 atom stereocenters. The molecule has 2 heterocycles. The monoisotopic (exact) mass is 420 g/mol. The predicted octanol–water partition coefficient (Wildman–Crippen LogP) is 6.31. The number of likely N-dealkylation sites (tertiary alicyclic amines) is 1. The van der Waals surface area contributed by atoms with Crippen molar-refractivity contribution >= 4 is 16.8 Å². The molecule has 5 rings (SSSR count). The summed E-state index contributed by atoms with van der Waals surface area (Å²) in [5.41, 5.74) is 6.05. The second-order valence-electron chi connectivity index (χ2n) is 8.87. The summed E-state index contributed by atoms with van der Waals surface area (Å²) in [7, 11) is 0. The largest absolute Gasteiger partial charge is 0.339 e. The van der Waals surface area contributed by atoms with Crippen LogP contribution in [0, 0.1) is 12.8 Å². The van der Waals surface area contributed by atoms with Gasteiger partial charge >= 0.3 is 0 Å². The molecule has 3 nitrogen and oxygen atoms in total. The van der Waals surface area contributed by atoms with Crippen LogP contribution in [0.15, 0.2) is 84.9 Å². The van der Waals surface area contributed by atoms with E-state index in [1.807, 2.05) is 47.4 Å². The number of aryl methyl sites for hydroxylation is 1. The molecular weight excluding hydrogens is 392 g/mol. The molecule has 3 heteroatoms. The number of aromatic nitrogens is 1. The second kappa shape index (κ2) is 8.96. The van der Waals surface area contributed by atoms with E-state index in [2.05, 4.69) is 49.4 Å². The first-order valence-corrected chi connectivity index (χ1v) is 11.5. The number of fused-ring (bicyclic) bond motifs is 1. The van der Waals surface area contributed by atoms with Gasteiger partial charge in [-0.25, -0.2) is 4.98 Å². The standard InChI is InChI=1S/C29H28N2O/c1-21-12-13-27-25(18-21)26(20-28(30-27)24-10-6-3-7-11-24)29(32)31-16-14-23(15-17-31)19-22-8-4-2-5-9-22/h2-13,18,20,23H,14-17,19H2,1H3. The third-order valence-corrected chi connectivity index (χ3v) is 6.53. The molecule has 0 bridgehead atoms. The Hall–Kier alpha value is -3.46. The lowest BCUT2D eigenvalue weighted by Crippen LogP contribution is -2.39. The van der Waals surface area contributed by atoms with Crippen LogP contribution in [0.5, 0.6) is 0 Å². The molecule has 0 spiro atoms. The summed E-state index contributed by atoms with van der Waals surface area (Å²) in [6.45, 7) is 3.69. The van der Waals surface area contributed by atoms with Crippen molar-refractivity contribution in [1.29, 1.82) is 0 Å². The molecule has 0 aliphatic carbocycles. The maximum atomic E-state index is 13.7. The Morgan fingerprint density at radius 1 is 0.906 bits per heavy atom. The molecule has 4 aromatic rings. The number of hydrogen-bond donors (Lipinski definition) is 0. The van der Waals surface area contributed by atoms with Crippen LogP contribution in [-0.2, 0) is 6.42 Å². The quantitative estimate of drug-likeness (QED) is 0.388. The predicted molar refractivity (Wildman–Crippen MR) is 131 cm³/mol. The van der Waals surface area contributed by atoms with Crippen LogP contribution in [0.25, 0.3) is 22.2 Å². The van der Waals surface area contributed by atoms with Gasteiger partial charge in [0, 0.05) is 24.0 Å². The van der Waals surface area contributed by atoms with Gasteiger partial charge in [-0.3, -0.25) is 4.79 Å². The zero-order valence-corrected chi connectivity index (χ0v) is 18.5. The van der Waals surface area contributed by atoms with E-state index >= 15 is 0 Å². The third-order valence-electron chi connectivity index (χ3n) is 6.53. The Labute approximate surface area is 189 Å². The van der Waals surface area contributed by atoms with E-state index in [9.17, 15) is 4.79 Å². The van der Waals surface area contributed by atoms with Crippen LogP contribution in [0.4, 0.5) is 0 Å². The number of carbonyl (C=O) groups is 1. The number of benzene rings is 3. The highest BCUT2D eigenvalue weighted by Gasteiger charge is 2.25. The van der Waals surface area contributed by atoms with Gasteiger partial charge in [-0.2, -0.15) is 0 Å². The average molecular weight is 421 g/mol. The normalized spacial score (nSPS) is 14.6. The summed E-state index contributed by atoms with van der Waals surface area (Å²) in [5, 5.41) is 0.945. The fourth-order valence-corrected chi connectivity index (χ4v) is 4.73. The van der Waals surface area contributed by atoms with Crippen LogP contribution in [0.3, 0.4) is 0 Å². The highest BCUT2D eigenvalue weighted by Crippen LogP contribution is 2.29. The minimum absolute atomic E-state index is 0.123. The fourth-order valence-electron chi connectivity index (χ4n) is 4.73. The number of nitrogens with zero attached hydrogens (tertiary/aromatic N) is 2. The van der Waals surface area contributed by atoms with E-state index in [-0.39, 0.29) is 5.91 Å². The van der Waals surface area contributed by atoms with Gasteiger partial charge < -0.3 is 4.90 Å². The van der Waals surface area contributed by atoms with Crippen LogP contribution >= 0.6 is 0 Å². The molecule has 160 valence electrons. The first-order chi connectivity index (χ1) is 15.7. The summed E-state index contributed by atoms with van der Waals surface area (Å²) in [6.07, 6.45) is 3.20. The van der Waals surface area contributed by atoms with E-state index in [4.69, 9.17) is 4.98 Å². The van der Waals surface area contributed by atoms with E-state index in [0.717, 1.165) is 65.6 Å². The summed E-state index contributed by atoms with van der Waals surface area (Å²) >= 11 is 0. The summed E-state index contributed by atoms with van der Waals surface area (Å²) in [4.78, 5) is 20.6. The molecule has 0 unspecified atom stereocenters. The van der Waals surface area contributed by atoms with E-state index in [0.29, 0.717) is 5.92 Å². The third kappa shape index (κ3) is 4.29. The van der Waals surface area contributed by atoms with Crippen LogP contribution in [0.1, 0.15) is 34.3 Å². The van der Waals surface area contributed by atoms with Gasteiger partial charge in [0.25, 0.3) is 5.91 Å². The molecule has 1 aromatic heterocycles. The minimum atomic E-state index is 0.123. The van der Waals surface area contributed by atoms with E-state index in [1.165, 1.54) is 5.56 Å². The van der Waals surface area contributed by atoms with Crippen molar-refractivity contribution in [2.24, 2.45) is 5.92 Å². The van der Waals surface area contributed by atoms with Gasteiger partial charge in [-0.15, -0.1) is 0 Å². The summed E-state index contributed by atoms with van der Waals surface area (Å²) < 4.78 is 0. The molecule has 1 fully saturated rings. The lowest BCUT2D eigenvalue weighted by atomic mass is 9.90. The zero-order valence-electron chi connectivity index (χ0n) is 18.5. The second-order valence-corrected chi connectivity index (χ2v) is 8.87. The highest BCUT2D eigenvalue weighted by atomic mass is 16.2. The van der Waals surface area contributed by atoms with Crippen molar-refractivity contribution in [3.05, 3.63) is 102 Å². The number of hydrogen-bond acceptors (Lipinski definition) is 2. The topological polar surface area (TPSA) is 33.2 Å². The van der Waals surface area contributed by atoms with Crippen LogP contribution < -0.4 is 0 Å². The lowest BCUT2D eigenvalue weighted by Gasteiger charge is -2.32. The molecule has 1 aliphatic heterocycles. The summed E-state index contributed by atoms with van der Waals surface area (Å²) in [6, 6.07) is 29.0. The van der Waals surface area contributed by atoms with Crippen molar-refractivity contribution in [3.63, 3.8) is 0 Å². The highest BCUT2D eigenvalue weighted by molar-refractivity contribution is 6.07. The van der Waals surface area contributed by atoms with Gasteiger partial charge in [-0.1, -0.05) is 72.3 Å². The molecule has 32 heavy (non-hydrogen) atoms. The molecular formula is C29H28N2O.